The van der Waals surface area contributed by atoms with Crippen LogP contribution in [0.5, 0.6) is 0 Å². The van der Waals surface area contributed by atoms with E-state index in [9.17, 15) is 4.79 Å². The van der Waals surface area contributed by atoms with E-state index in [1.807, 2.05) is 24.3 Å². The molecule has 0 bridgehead atoms. The highest BCUT2D eigenvalue weighted by Gasteiger charge is 2.05. The molecule has 0 aliphatic rings. The monoisotopic (exact) mass is 279 g/mol. The molecule has 2 aromatic carbocycles. The molecule has 0 amide bonds. The third-order valence-electron chi connectivity index (χ3n) is 3.58. The molecule has 0 unspecified atom stereocenters. The van der Waals surface area contributed by atoms with Crippen molar-refractivity contribution < 1.29 is 0 Å². The lowest BCUT2D eigenvalue weighted by atomic mass is 10.1. The van der Waals surface area contributed by atoms with Crippen LogP contribution < -0.4 is 10.9 Å². The number of rotatable bonds is 3. The summed E-state index contributed by atoms with van der Waals surface area (Å²) in [5, 5.41) is 3.98. The van der Waals surface area contributed by atoms with Crippen LogP contribution in [0.25, 0.3) is 10.9 Å². The third kappa shape index (κ3) is 2.65. The fourth-order valence-corrected chi connectivity index (χ4v) is 2.48. The number of anilines is 1. The molecule has 3 aromatic rings. The zero-order valence-electron chi connectivity index (χ0n) is 12.1. The lowest BCUT2D eigenvalue weighted by Gasteiger charge is -2.12. The highest BCUT2D eigenvalue weighted by Crippen LogP contribution is 2.19. The van der Waals surface area contributed by atoms with Gasteiger partial charge in [-0.2, -0.15) is 0 Å². The van der Waals surface area contributed by atoms with Crippen molar-refractivity contribution in [1.82, 2.24) is 9.97 Å². The molecule has 0 saturated carbocycles. The number of aromatic amines is 1. The minimum atomic E-state index is -0.0982. The van der Waals surface area contributed by atoms with Crippen molar-refractivity contribution in [2.75, 3.05) is 5.32 Å². The highest BCUT2D eigenvalue weighted by atomic mass is 16.1. The second-order valence-corrected chi connectivity index (χ2v) is 5.15. The zero-order valence-corrected chi connectivity index (χ0v) is 12.1. The molecule has 0 saturated heterocycles. The number of nitrogens with zero attached hydrogens (tertiary/aromatic N) is 1. The van der Waals surface area contributed by atoms with Gasteiger partial charge in [0.25, 0.3) is 5.56 Å². The molecule has 4 nitrogen and oxygen atoms in total. The fraction of sp³-hybridized carbons (Fsp3) is 0.176. The van der Waals surface area contributed by atoms with E-state index in [2.05, 4.69) is 41.3 Å². The third-order valence-corrected chi connectivity index (χ3v) is 3.58. The lowest BCUT2D eigenvalue weighted by Crippen LogP contribution is -2.15. The van der Waals surface area contributed by atoms with E-state index in [1.165, 1.54) is 11.1 Å². The fourth-order valence-electron chi connectivity index (χ4n) is 2.48. The quantitative estimate of drug-likeness (QED) is 0.774. The Kier molecular flexibility index (Phi) is 3.44. The average Bonchev–Trinajstić information content (AvgIpc) is 2.47. The van der Waals surface area contributed by atoms with Crippen molar-refractivity contribution in [3.8, 4) is 0 Å². The number of hydrogen-bond acceptors (Lipinski definition) is 3. The van der Waals surface area contributed by atoms with Crippen molar-refractivity contribution in [1.29, 1.82) is 0 Å². The van der Waals surface area contributed by atoms with Crippen molar-refractivity contribution in [2.24, 2.45) is 0 Å². The molecule has 106 valence electrons. The molecule has 0 aliphatic heterocycles. The van der Waals surface area contributed by atoms with Gasteiger partial charge in [0, 0.05) is 5.69 Å². The number of aromatic nitrogens is 2. The Morgan fingerprint density at radius 1 is 1.05 bits per heavy atom. The van der Waals surface area contributed by atoms with Gasteiger partial charge in [-0.25, -0.2) is 4.98 Å². The zero-order chi connectivity index (χ0) is 14.8. The number of fused-ring (bicyclic) bond motifs is 1. The smallest absolute Gasteiger partial charge is 0.258 e. The molecule has 21 heavy (non-hydrogen) atoms. The number of nitrogens with one attached hydrogen (secondary N) is 2. The number of para-hydroxylation sites is 2. The molecular formula is C17H17N3O. The summed E-state index contributed by atoms with van der Waals surface area (Å²) in [6.07, 6.45) is 0. The van der Waals surface area contributed by atoms with Gasteiger partial charge in [0.1, 0.15) is 5.82 Å². The minimum Gasteiger partial charge on any atom is -0.377 e. The maximum absolute atomic E-state index is 12.0. The predicted molar refractivity (Wildman–Crippen MR) is 85.6 cm³/mol. The Hall–Kier alpha value is -2.62. The summed E-state index contributed by atoms with van der Waals surface area (Å²) in [6.45, 7) is 4.61. The normalized spacial score (nSPS) is 10.8. The van der Waals surface area contributed by atoms with Gasteiger partial charge >= 0.3 is 0 Å². The van der Waals surface area contributed by atoms with Gasteiger partial charge in [-0.3, -0.25) is 4.79 Å². The average molecular weight is 279 g/mol. The Labute approximate surface area is 122 Å². The van der Waals surface area contributed by atoms with Crippen LogP contribution in [0.1, 0.15) is 17.0 Å². The van der Waals surface area contributed by atoms with Crippen LogP contribution in [0.4, 0.5) is 5.69 Å². The van der Waals surface area contributed by atoms with Crippen LogP contribution in [0.2, 0.25) is 0 Å². The van der Waals surface area contributed by atoms with E-state index < -0.39 is 0 Å². The molecule has 0 fully saturated rings. The molecule has 1 aromatic heterocycles. The summed E-state index contributed by atoms with van der Waals surface area (Å²) >= 11 is 0. The van der Waals surface area contributed by atoms with Crippen LogP contribution in [0.15, 0.2) is 47.3 Å². The first-order chi connectivity index (χ1) is 10.1. The first kappa shape index (κ1) is 13.4. The van der Waals surface area contributed by atoms with Gasteiger partial charge in [-0.1, -0.05) is 30.3 Å². The summed E-state index contributed by atoms with van der Waals surface area (Å²) in [6, 6.07) is 13.5. The van der Waals surface area contributed by atoms with Gasteiger partial charge < -0.3 is 10.3 Å². The van der Waals surface area contributed by atoms with Gasteiger partial charge in [0.15, 0.2) is 0 Å². The molecule has 1 heterocycles. The molecule has 4 heteroatoms. The van der Waals surface area contributed by atoms with Crippen LogP contribution in [0.3, 0.4) is 0 Å². The summed E-state index contributed by atoms with van der Waals surface area (Å²) < 4.78 is 0. The maximum Gasteiger partial charge on any atom is 0.258 e. The van der Waals surface area contributed by atoms with E-state index in [0.29, 0.717) is 17.8 Å². The predicted octanol–water partition coefficient (Wildman–Crippen LogP) is 3.15. The summed E-state index contributed by atoms with van der Waals surface area (Å²) in [4.78, 5) is 19.3. The molecule has 0 atom stereocenters. The highest BCUT2D eigenvalue weighted by molar-refractivity contribution is 5.77. The second-order valence-electron chi connectivity index (χ2n) is 5.15. The van der Waals surface area contributed by atoms with Crippen molar-refractivity contribution >= 4 is 16.6 Å². The number of H-pyrrole nitrogens is 1. The van der Waals surface area contributed by atoms with E-state index >= 15 is 0 Å². The van der Waals surface area contributed by atoms with E-state index in [1.54, 1.807) is 6.07 Å². The Morgan fingerprint density at radius 3 is 2.52 bits per heavy atom. The van der Waals surface area contributed by atoms with Crippen LogP contribution in [-0.2, 0) is 6.54 Å². The second kappa shape index (κ2) is 5.40. The lowest BCUT2D eigenvalue weighted by molar-refractivity contribution is 0.950. The Bertz CT molecular complexity index is 832. The van der Waals surface area contributed by atoms with E-state index in [-0.39, 0.29) is 5.56 Å². The Balaban J connectivity index is 1.91. The van der Waals surface area contributed by atoms with Crippen LogP contribution in [0, 0.1) is 13.8 Å². The number of hydrogen-bond donors (Lipinski definition) is 2. The molecular weight excluding hydrogens is 262 g/mol. The van der Waals surface area contributed by atoms with E-state index in [4.69, 9.17) is 0 Å². The number of benzene rings is 2. The standard InChI is InChI=1S/C17H17N3O/c1-11-6-5-7-12(2)16(11)18-10-15-19-14-9-4-3-8-13(14)17(21)20-15/h3-9,18H,10H2,1-2H3,(H,19,20,21). The molecule has 0 radical (unpaired) electrons. The Morgan fingerprint density at radius 2 is 1.76 bits per heavy atom. The first-order valence-corrected chi connectivity index (χ1v) is 6.93. The molecule has 2 N–H and O–H groups in total. The minimum absolute atomic E-state index is 0.0982. The van der Waals surface area contributed by atoms with E-state index in [0.717, 1.165) is 11.2 Å². The van der Waals surface area contributed by atoms with Crippen molar-refractivity contribution in [3.63, 3.8) is 0 Å². The molecule has 0 spiro atoms. The maximum atomic E-state index is 12.0. The molecule has 3 rings (SSSR count). The summed E-state index contributed by atoms with van der Waals surface area (Å²) in [5.74, 6) is 0.640. The van der Waals surface area contributed by atoms with Crippen LogP contribution in [-0.4, -0.2) is 9.97 Å². The van der Waals surface area contributed by atoms with Crippen LogP contribution >= 0.6 is 0 Å². The molecule has 0 aliphatic carbocycles. The van der Waals surface area contributed by atoms with Gasteiger partial charge in [-0.05, 0) is 37.1 Å². The largest absolute Gasteiger partial charge is 0.377 e. The topological polar surface area (TPSA) is 57.8 Å². The van der Waals surface area contributed by atoms with Gasteiger partial charge in [-0.15, -0.1) is 0 Å². The number of aryl methyl sites for hydroxylation is 2. The SMILES string of the molecule is Cc1cccc(C)c1NCc1nc2ccccc2c(=O)[nH]1. The first-order valence-electron chi connectivity index (χ1n) is 6.93. The summed E-state index contributed by atoms with van der Waals surface area (Å²) in [5.41, 5.74) is 4.07. The van der Waals surface area contributed by atoms with Crippen molar-refractivity contribution in [2.45, 2.75) is 20.4 Å². The van der Waals surface area contributed by atoms with Gasteiger partial charge in [0.2, 0.25) is 0 Å². The summed E-state index contributed by atoms with van der Waals surface area (Å²) in [7, 11) is 0. The van der Waals surface area contributed by atoms with Gasteiger partial charge in [0.05, 0.1) is 17.4 Å². The van der Waals surface area contributed by atoms with Crippen molar-refractivity contribution in [3.05, 3.63) is 69.8 Å².